The summed E-state index contributed by atoms with van der Waals surface area (Å²) in [5, 5.41) is 0. The summed E-state index contributed by atoms with van der Waals surface area (Å²) in [5.74, 6) is 1.29. The predicted molar refractivity (Wildman–Crippen MR) is 73.1 cm³/mol. The van der Waals surface area contributed by atoms with E-state index in [1.165, 1.54) is 18.2 Å². The van der Waals surface area contributed by atoms with Crippen LogP contribution < -0.4 is 15.2 Å². The molecule has 2 aromatic rings. The minimum Gasteiger partial charge on any atom is -0.494 e. The maximum Gasteiger partial charge on any atom is 0.153 e. The fraction of sp³-hybridized carbons (Fsp3) is 0.200. The Balaban J connectivity index is 2.08. The van der Waals surface area contributed by atoms with Gasteiger partial charge in [-0.2, -0.15) is 0 Å². The van der Waals surface area contributed by atoms with Crippen molar-refractivity contribution in [2.24, 2.45) is 0 Å². The molecule has 0 saturated heterocycles. The normalized spacial score (nSPS) is 10.2. The van der Waals surface area contributed by atoms with E-state index < -0.39 is 0 Å². The smallest absolute Gasteiger partial charge is 0.153 e. The maximum atomic E-state index is 13.1. The first-order valence-corrected chi connectivity index (χ1v) is 6.15. The van der Waals surface area contributed by atoms with Gasteiger partial charge in [0.2, 0.25) is 0 Å². The molecular weight excluding hydrogens is 245 g/mol. The average molecular weight is 261 g/mol. The third kappa shape index (κ3) is 3.61. The Labute approximate surface area is 111 Å². The van der Waals surface area contributed by atoms with Crippen LogP contribution in [0, 0.1) is 5.82 Å². The Hall–Kier alpha value is -2.23. The Morgan fingerprint density at radius 2 is 1.74 bits per heavy atom. The lowest BCUT2D eigenvalue weighted by molar-refractivity contribution is 0.317. The molecule has 0 saturated carbocycles. The molecule has 0 aliphatic rings. The van der Waals surface area contributed by atoms with E-state index in [0.717, 1.165) is 12.2 Å². The van der Waals surface area contributed by atoms with Gasteiger partial charge in [-0.25, -0.2) is 4.39 Å². The highest BCUT2D eigenvalue weighted by atomic mass is 19.1. The quantitative estimate of drug-likeness (QED) is 0.828. The average Bonchev–Trinajstić information content (AvgIpc) is 2.42. The van der Waals surface area contributed by atoms with E-state index in [4.69, 9.17) is 15.2 Å². The van der Waals surface area contributed by atoms with Crippen molar-refractivity contribution < 1.29 is 13.9 Å². The molecule has 0 radical (unpaired) electrons. The Bertz CT molecular complexity index is 540. The van der Waals surface area contributed by atoms with Crippen LogP contribution in [0.2, 0.25) is 0 Å². The number of hydrogen-bond donors (Lipinski definition) is 1. The first-order chi connectivity index (χ1) is 9.19. The molecule has 0 aliphatic carbocycles. The zero-order valence-corrected chi connectivity index (χ0v) is 10.7. The summed E-state index contributed by atoms with van der Waals surface area (Å²) in [6.07, 6.45) is 0.956. The van der Waals surface area contributed by atoms with E-state index in [0.29, 0.717) is 23.8 Å². The number of nitrogens with two attached hydrogens (primary N) is 1. The lowest BCUT2D eigenvalue weighted by Gasteiger charge is -2.09. The minimum absolute atomic E-state index is 0.308. The number of nitrogen functional groups attached to an aromatic ring is 1. The summed E-state index contributed by atoms with van der Waals surface area (Å²) >= 11 is 0. The van der Waals surface area contributed by atoms with Gasteiger partial charge < -0.3 is 15.2 Å². The molecule has 0 amide bonds. The third-order valence-corrected chi connectivity index (χ3v) is 2.50. The Morgan fingerprint density at radius 1 is 1.05 bits per heavy atom. The van der Waals surface area contributed by atoms with Crippen LogP contribution in [0.25, 0.3) is 0 Å². The van der Waals surface area contributed by atoms with Gasteiger partial charge >= 0.3 is 0 Å². The minimum atomic E-state index is -0.382. The van der Waals surface area contributed by atoms with Crippen molar-refractivity contribution in [2.45, 2.75) is 13.3 Å². The molecule has 0 spiro atoms. The fourth-order valence-corrected chi connectivity index (χ4v) is 1.55. The zero-order valence-electron chi connectivity index (χ0n) is 10.7. The molecular formula is C15H16FNO2. The summed E-state index contributed by atoms with van der Waals surface area (Å²) in [7, 11) is 0. The predicted octanol–water partition coefficient (Wildman–Crippen LogP) is 3.99. The van der Waals surface area contributed by atoms with Gasteiger partial charge in [0.1, 0.15) is 17.3 Å². The van der Waals surface area contributed by atoms with Crippen LogP contribution in [0.5, 0.6) is 17.2 Å². The van der Waals surface area contributed by atoms with Gasteiger partial charge in [0.05, 0.1) is 12.3 Å². The number of benzene rings is 2. The number of hydrogen-bond acceptors (Lipinski definition) is 3. The van der Waals surface area contributed by atoms with Crippen molar-refractivity contribution in [3.63, 3.8) is 0 Å². The lowest BCUT2D eigenvalue weighted by Crippen LogP contribution is -1.95. The highest BCUT2D eigenvalue weighted by Gasteiger charge is 2.04. The summed E-state index contributed by atoms with van der Waals surface area (Å²) in [4.78, 5) is 0. The molecule has 4 heteroatoms. The monoisotopic (exact) mass is 261 g/mol. The first kappa shape index (κ1) is 13.2. The van der Waals surface area contributed by atoms with Crippen LogP contribution in [-0.2, 0) is 0 Å². The standard InChI is InChI=1S/C15H16FNO2/c1-2-9-18-12-4-6-13(7-5-12)19-15-10-11(16)3-8-14(15)17/h3-8,10H,2,9,17H2,1H3. The third-order valence-electron chi connectivity index (χ3n) is 2.50. The largest absolute Gasteiger partial charge is 0.494 e. The molecule has 2 aromatic carbocycles. The number of rotatable bonds is 5. The van der Waals surface area contributed by atoms with Gasteiger partial charge in [-0.15, -0.1) is 0 Å². The molecule has 0 unspecified atom stereocenters. The molecule has 2 N–H and O–H groups in total. The molecule has 0 atom stereocenters. The molecule has 100 valence electrons. The van der Waals surface area contributed by atoms with Crippen LogP contribution in [0.1, 0.15) is 13.3 Å². The Kier molecular flexibility index (Phi) is 4.23. The van der Waals surface area contributed by atoms with Crippen LogP contribution in [0.4, 0.5) is 10.1 Å². The van der Waals surface area contributed by atoms with E-state index in [2.05, 4.69) is 0 Å². The number of anilines is 1. The van der Waals surface area contributed by atoms with Crippen molar-refractivity contribution in [1.29, 1.82) is 0 Å². The molecule has 0 aromatic heterocycles. The van der Waals surface area contributed by atoms with Gasteiger partial charge in [-0.1, -0.05) is 6.92 Å². The van der Waals surface area contributed by atoms with Crippen molar-refractivity contribution in [3.05, 3.63) is 48.3 Å². The second-order valence-corrected chi connectivity index (χ2v) is 4.10. The molecule has 0 bridgehead atoms. The summed E-state index contributed by atoms with van der Waals surface area (Å²) in [5.41, 5.74) is 6.11. The zero-order chi connectivity index (χ0) is 13.7. The van der Waals surface area contributed by atoms with Gasteiger partial charge in [0.15, 0.2) is 5.75 Å². The van der Waals surface area contributed by atoms with Crippen LogP contribution in [0.15, 0.2) is 42.5 Å². The molecule has 0 heterocycles. The van der Waals surface area contributed by atoms with Crippen LogP contribution in [-0.4, -0.2) is 6.61 Å². The summed E-state index contributed by atoms with van der Waals surface area (Å²) < 4.78 is 24.1. The van der Waals surface area contributed by atoms with Crippen molar-refractivity contribution in [3.8, 4) is 17.2 Å². The Morgan fingerprint density at radius 3 is 2.42 bits per heavy atom. The van der Waals surface area contributed by atoms with Gasteiger partial charge in [0, 0.05) is 6.07 Å². The van der Waals surface area contributed by atoms with Crippen molar-refractivity contribution in [2.75, 3.05) is 12.3 Å². The SMILES string of the molecule is CCCOc1ccc(Oc2cc(F)ccc2N)cc1. The van der Waals surface area contributed by atoms with E-state index in [-0.39, 0.29) is 5.82 Å². The molecule has 19 heavy (non-hydrogen) atoms. The highest BCUT2D eigenvalue weighted by Crippen LogP contribution is 2.29. The van der Waals surface area contributed by atoms with Gasteiger partial charge in [-0.05, 0) is 42.8 Å². The van der Waals surface area contributed by atoms with E-state index in [1.54, 1.807) is 24.3 Å². The summed E-state index contributed by atoms with van der Waals surface area (Å²) in [6, 6.07) is 11.2. The molecule has 0 fully saturated rings. The molecule has 2 rings (SSSR count). The van der Waals surface area contributed by atoms with Crippen molar-refractivity contribution in [1.82, 2.24) is 0 Å². The topological polar surface area (TPSA) is 44.5 Å². The van der Waals surface area contributed by atoms with Crippen LogP contribution >= 0.6 is 0 Å². The van der Waals surface area contributed by atoms with E-state index in [1.807, 2.05) is 6.92 Å². The van der Waals surface area contributed by atoms with E-state index in [9.17, 15) is 4.39 Å². The molecule has 0 aliphatic heterocycles. The second-order valence-electron chi connectivity index (χ2n) is 4.10. The molecule has 3 nitrogen and oxygen atoms in total. The first-order valence-electron chi connectivity index (χ1n) is 6.15. The van der Waals surface area contributed by atoms with E-state index >= 15 is 0 Å². The summed E-state index contributed by atoms with van der Waals surface area (Å²) in [6.45, 7) is 2.72. The van der Waals surface area contributed by atoms with Gasteiger partial charge in [-0.3, -0.25) is 0 Å². The highest BCUT2D eigenvalue weighted by molar-refractivity contribution is 5.54. The lowest BCUT2D eigenvalue weighted by atomic mass is 10.3. The number of halogens is 1. The van der Waals surface area contributed by atoms with Crippen LogP contribution in [0.3, 0.4) is 0 Å². The number of ether oxygens (including phenoxy) is 2. The fourth-order valence-electron chi connectivity index (χ4n) is 1.55. The maximum absolute atomic E-state index is 13.1. The second kappa shape index (κ2) is 6.09. The van der Waals surface area contributed by atoms with Gasteiger partial charge in [0.25, 0.3) is 0 Å². The van der Waals surface area contributed by atoms with Crippen molar-refractivity contribution >= 4 is 5.69 Å².